The van der Waals surface area contributed by atoms with Crippen molar-refractivity contribution in [2.75, 3.05) is 31.6 Å². The summed E-state index contributed by atoms with van der Waals surface area (Å²) in [4.78, 5) is 29.2. The van der Waals surface area contributed by atoms with E-state index >= 15 is 0 Å². The van der Waals surface area contributed by atoms with Gasteiger partial charge in [-0.3, -0.25) is 14.5 Å². The lowest BCUT2D eigenvalue weighted by Crippen LogP contribution is -2.44. The van der Waals surface area contributed by atoms with Crippen LogP contribution in [0.1, 0.15) is 71.5 Å². The van der Waals surface area contributed by atoms with Crippen molar-refractivity contribution in [2.45, 2.75) is 65.2 Å². The fourth-order valence-corrected chi connectivity index (χ4v) is 6.81. The van der Waals surface area contributed by atoms with Crippen molar-refractivity contribution < 1.29 is 14.3 Å². The second-order valence-electron chi connectivity index (χ2n) is 11.7. The van der Waals surface area contributed by atoms with E-state index in [0.717, 1.165) is 104 Å². The molecule has 0 radical (unpaired) electrons. The maximum atomic E-state index is 13.6. The second-order valence-corrected chi connectivity index (χ2v) is 12.1. The van der Waals surface area contributed by atoms with E-state index in [0.29, 0.717) is 5.56 Å². The Kier molecular flexibility index (Phi) is 7.89. The molecule has 0 bridgehead atoms. The molecule has 0 aliphatic carbocycles. The average Bonchev–Trinajstić information content (AvgIpc) is 3.14. The molecule has 3 aliphatic heterocycles. The number of Topliss-reactive ketones (excluding diaryl/α,β-unsaturated/α-hetero) is 1. The number of nitrogens with zero attached hydrogens (tertiary/aromatic N) is 2. The zero-order valence-electron chi connectivity index (χ0n) is 23.5. The summed E-state index contributed by atoms with van der Waals surface area (Å²) < 4.78 is 7.65. The van der Waals surface area contributed by atoms with Gasteiger partial charge >= 0.3 is 0 Å². The monoisotopic (exact) mass is 562 g/mol. The van der Waals surface area contributed by atoms with Crippen molar-refractivity contribution >= 4 is 39.9 Å². The topological polar surface area (TPSA) is 75.6 Å². The standard InChI is InChI=1S/C32H39ClN4O3/c1-3-21-5-4-10-37-27-18-24(9-8-22(27)17-28(37)30(21)38)32(39)35-31-20(2)6-7-23-15-26(33)16-25(29(23)34-31)19-36-11-13-40-14-12-36/h8-9,15-18,20-21,31,34H,3-7,10-14,19H2,1-2H3,(H,35,39). The minimum Gasteiger partial charge on any atom is -0.379 e. The van der Waals surface area contributed by atoms with Crippen molar-refractivity contribution in [2.24, 2.45) is 11.8 Å². The third-order valence-corrected chi connectivity index (χ3v) is 9.22. The van der Waals surface area contributed by atoms with E-state index in [2.05, 4.69) is 40.0 Å². The van der Waals surface area contributed by atoms with Crippen LogP contribution in [0.3, 0.4) is 0 Å². The number of hydrogen-bond donors (Lipinski definition) is 2. The van der Waals surface area contributed by atoms with Gasteiger partial charge in [0.15, 0.2) is 5.78 Å². The lowest BCUT2D eigenvalue weighted by atomic mass is 9.95. The summed E-state index contributed by atoms with van der Waals surface area (Å²) in [6.45, 7) is 9.15. The molecule has 1 fully saturated rings. The molecule has 2 N–H and O–H groups in total. The van der Waals surface area contributed by atoms with Crippen LogP contribution in [0.5, 0.6) is 0 Å². The van der Waals surface area contributed by atoms with Gasteiger partial charge in [-0.15, -0.1) is 0 Å². The van der Waals surface area contributed by atoms with Gasteiger partial charge in [0.05, 0.1) is 18.9 Å². The fraction of sp³-hybridized carbons (Fsp3) is 0.500. The van der Waals surface area contributed by atoms with Gasteiger partial charge in [-0.05, 0) is 79.5 Å². The Morgan fingerprint density at radius 2 is 1.95 bits per heavy atom. The molecule has 3 atom stereocenters. The summed E-state index contributed by atoms with van der Waals surface area (Å²) >= 11 is 6.55. The third kappa shape index (κ3) is 5.39. The molecule has 40 heavy (non-hydrogen) atoms. The van der Waals surface area contributed by atoms with E-state index in [-0.39, 0.29) is 29.7 Å². The summed E-state index contributed by atoms with van der Waals surface area (Å²) in [7, 11) is 0. The first-order valence-electron chi connectivity index (χ1n) is 14.8. The maximum absolute atomic E-state index is 13.6. The number of fused-ring (bicyclic) bond motifs is 4. The summed E-state index contributed by atoms with van der Waals surface area (Å²) in [6, 6.07) is 11.9. The number of aromatic nitrogens is 1. The van der Waals surface area contributed by atoms with Crippen molar-refractivity contribution in [3.63, 3.8) is 0 Å². The van der Waals surface area contributed by atoms with Crippen LogP contribution in [0.4, 0.5) is 5.69 Å². The highest BCUT2D eigenvalue weighted by atomic mass is 35.5. The number of carbonyl (C=O) groups is 2. The van der Waals surface area contributed by atoms with E-state index < -0.39 is 0 Å². The van der Waals surface area contributed by atoms with Crippen LogP contribution in [0.25, 0.3) is 10.9 Å². The highest BCUT2D eigenvalue weighted by molar-refractivity contribution is 6.30. The zero-order valence-corrected chi connectivity index (χ0v) is 24.2. The minimum absolute atomic E-state index is 0.0852. The molecule has 0 saturated carbocycles. The molecule has 1 amide bonds. The van der Waals surface area contributed by atoms with Crippen LogP contribution < -0.4 is 10.6 Å². The Balaban J connectivity index is 1.25. The van der Waals surface area contributed by atoms with E-state index in [1.165, 1.54) is 5.56 Å². The molecule has 1 aromatic heterocycles. The minimum atomic E-state index is -0.217. The van der Waals surface area contributed by atoms with Gasteiger partial charge in [0.1, 0.15) is 6.17 Å². The molecule has 8 heteroatoms. The summed E-state index contributed by atoms with van der Waals surface area (Å²) in [5.41, 5.74) is 5.79. The molecule has 0 spiro atoms. The largest absolute Gasteiger partial charge is 0.379 e. The van der Waals surface area contributed by atoms with Gasteiger partial charge in [0.2, 0.25) is 0 Å². The van der Waals surface area contributed by atoms with Crippen molar-refractivity contribution in [1.82, 2.24) is 14.8 Å². The zero-order chi connectivity index (χ0) is 27.8. The molecule has 4 heterocycles. The predicted molar refractivity (Wildman–Crippen MR) is 159 cm³/mol. The number of nitrogens with one attached hydrogen (secondary N) is 2. The van der Waals surface area contributed by atoms with Gasteiger partial charge in [-0.25, -0.2) is 0 Å². The number of benzene rings is 2. The highest BCUT2D eigenvalue weighted by Crippen LogP contribution is 2.34. The molecule has 3 aromatic rings. The van der Waals surface area contributed by atoms with Gasteiger partial charge in [0, 0.05) is 59.3 Å². The average molecular weight is 563 g/mol. The Bertz CT molecular complexity index is 1430. The first-order valence-corrected chi connectivity index (χ1v) is 15.2. The van der Waals surface area contributed by atoms with Crippen LogP contribution in [0.15, 0.2) is 36.4 Å². The normalized spacial score (nSPS) is 23.6. The Hall–Kier alpha value is -2.87. The lowest BCUT2D eigenvalue weighted by molar-refractivity contribution is 0.0342. The van der Waals surface area contributed by atoms with Crippen LogP contribution in [0, 0.1) is 11.8 Å². The van der Waals surface area contributed by atoms with Crippen LogP contribution in [-0.4, -0.2) is 53.6 Å². The van der Waals surface area contributed by atoms with Gasteiger partial charge < -0.3 is 19.9 Å². The van der Waals surface area contributed by atoms with Gasteiger partial charge in [-0.2, -0.15) is 0 Å². The Labute approximate surface area is 241 Å². The van der Waals surface area contributed by atoms with Gasteiger partial charge in [0.25, 0.3) is 5.91 Å². The summed E-state index contributed by atoms with van der Waals surface area (Å²) in [5.74, 6) is 0.427. The number of morpholine rings is 1. The molecule has 7 nitrogen and oxygen atoms in total. The molecule has 212 valence electrons. The first kappa shape index (κ1) is 27.3. The Morgan fingerprint density at radius 1 is 1.12 bits per heavy atom. The molecular formula is C32H39ClN4O3. The van der Waals surface area contributed by atoms with Crippen LogP contribution >= 0.6 is 11.6 Å². The number of ether oxygens (including phenoxy) is 1. The Morgan fingerprint density at radius 3 is 2.75 bits per heavy atom. The maximum Gasteiger partial charge on any atom is 0.252 e. The molecule has 2 aromatic carbocycles. The van der Waals surface area contributed by atoms with E-state index in [1.807, 2.05) is 30.3 Å². The van der Waals surface area contributed by atoms with Crippen LogP contribution in [0.2, 0.25) is 5.02 Å². The summed E-state index contributed by atoms with van der Waals surface area (Å²) in [6.07, 6.45) is 4.38. The van der Waals surface area contributed by atoms with E-state index in [4.69, 9.17) is 16.3 Å². The first-order chi connectivity index (χ1) is 19.4. The van der Waals surface area contributed by atoms with E-state index in [9.17, 15) is 9.59 Å². The number of anilines is 1. The summed E-state index contributed by atoms with van der Waals surface area (Å²) in [5, 5.41) is 8.76. The quantitative estimate of drug-likeness (QED) is 0.406. The smallest absolute Gasteiger partial charge is 0.252 e. The van der Waals surface area contributed by atoms with E-state index in [1.54, 1.807) is 0 Å². The van der Waals surface area contributed by atoms with Crippen LogP contribution in [-0.2, 0) is 24.2 Å². The number of aryl methyl sites for hydroxylation is 2. The van der Waals surface area contributed by atoms with Crippen molar-refractivity contribution in [3.05, 3.63) is 63.8 Å². The molecular weight excluding hydrogens is 524 g/mol. The molecule has 6 rings (SSSR count). The fourth-order valence-electron chi connectivity index (χ4n) is 6.55. The lowest BCUT2D eigenvalue weighted by Gasteiger charge is -2.29. The van der Waals surface area contributed by atoms with Crippen molar-refractivity contribution in [1.29, 1.82) is 0 Å². The van der Waals surface area contributed by atoms with Gasteiger partial charge in [-0.1, -0.05) is 31.5 Å². The number of carbonyl (C=O) groups excluding carboxylic acids is 2. The predicted octanol–water partition coefficient (Wildman–Crippen LogP) is 5.88. The second kappa shape index (κ2) is 11.6. The molecule has 3 aliphatic rings. The number of amides is 1. The van der Waals surface area contributed by atoms with Crippen molar-refractivity contribution in [3.8, 4) is 0 Å². The number of hydrogen-bond acceptors (Lipinski definition) is 5. The molecule has 1 saturated heterocycles. The molecule has 3 unspecified atom stereocenters. The number of ketones is 1. The third-order valence-electron chi connectivity index (χ3n) is 9.01. The SMILES string of the molecule is CCC1CCCn2c(cc3ccc(C(=O)NC4Nc5c(cc(Cl)cc5CN5CCOCC5)CCC4C)cc32)C1=O. The number of rotatable bonds is 5. The number of halogens is 1. The highest BCUT2D eigenvalue weighted by Gasteiger charge is 2.29.